The molecule has 0 heterocycles. The van der Waals surface area contributed by atoms with Crippen LogP contribution in [0.5, 0.6) is 0 Å². The van der Waals surface area contributed by atoms with E-state index in [9.17, 15) is 0 Å². The van der Waals surface area contributed by atoms with Gasteiger partial charge in [-0.2, -0.15) is 0 Å². The number of hydrogen-bond donors (Lipinski definition) is 0. The molecule has 0 saturated carbocycles. The summed E-state index contributed by atoms with van der Waals surface area (Å²) in [7, 11) is 0. The van der Waals surface area contributed by atoms with E-state index in [1.807, 2.05) is 0 Å². The van der Waals surface area contributed by atoms with Crippen molar-refractivity contribution in [1.29, 1.82) is 0 Å². The Morgan fingerprint density at radius 1 is 0.235 bits per heavy atom. The van der Waals surface area contributed by atoms with Crippen LogP contribution in [0, 0.1) is 0 Å². The van der Waals surface area contributed by atoms with E-state index in [2.05, 4.69) is 260 Å². The summed E-state index contributed by atoms with van der Waals surface area (Å²) in [5.41, 5.74) is 27.8. The second kappa shape index (κ2) is 21.0. The van der Waals surface area contributed by atoms with Gasteiger partial charge < -0.3 is 0 Å². The molecule has 0 heteroatoms. The number of benzene rings is 12. The Labute approximate surface area is 504 Å². The standard InChI is InChI=1S/C85H78/c1-7-11-47-84(48-12-8-2)74-38-26-24-28-60(74)62-43-39-55(51-76(62)84)56-40-44-63-64-46-42-58(54-78(64)85(49-13-9-3,50-14-10-4)77(63)52-56)80-67-31-17-21-35-71(67)82(72-36-22-18-32-68(72)80)81-69-33-19-15-29-65(69)79(66-30-16-20-34-70(66)81)57-41-45-61-59-27-23-25-37-73(59)83(5,6)75(61)53-57/h15-46,51-54H,7-14,47-50H2,1-6H3. The molecule has 0 saturated heterocycles. The van der Waals surface area contributed by atoms with E-state index in [-0.39, 0.29) is 16.2 Å². The van der Waals surface area contributed by atoms with Crippen LogP contribution in [0.15, 0.2) is 218 Å². The van der Waals surface area contributed by atoms with E-state index in [4.69, 9.17) is 0 Å². The molecule has 0 aromatic heterocycles. The van der Waals surface area contributed by atoms with Gasteiger partial charge in [0.1, 0.15) is 0 Å². The topological polar surface area (TPSA) is 0 Å². The molecule has 0 bridgehead atoms. The Kier molecular flexibility index (Phi) is 13.2. The van der Waals surface area contributed by atoms with Crippen LogP contribution < -0.4 is 0 Å². The zero-order valence-electron chi connectivity index (χ0n) is 50.8. The molecule has 0 radical (unpaired) electrons. The summed E-state index contributed by atoms with van der Waals surface area (Å²) < 4.78 is 0. The van der Waals surface area contributed by atoms with Crippen molar-refractivity contribution in [3.05, 3.63) is 252 Å². The quantitative estimate of drug-likeness (QED) is 0.0846. The summed E-state index contributed by atoms with van der Waals surface area (Å²) in [6, 6.07) is 85.7. The summed E-state index contributed by atoms with van der Waals surface area (Å²) >= 11 is 0. The van der Waals surface area contributed by atoms with E-state index in [0.717, 1.165) is 12.8 Å². The smallest absolute Gasteiger partial charge is 0.0215 e. The van der Waals surface area contributed by atoms with Crippen molar-refractivity contribution >= 4 is 43.1 Å². The van der Waals surface area contributed by atoms with Gasteiger partial charge in [-0.1, -0.05) is 287 Å². The molecule has 0 aliphatic heterocycles. The molecule has 85 heavy (non-hydrogen) atoms. The molecule has 418 valence electrons. The zero-order chi connectivity index (χ0) is 57.6. The fourth-order valence-corrected chi connectivity index (χ4v) is 17.0. The van der Waals surface area contributed by atoms with Gasteiger partial charge in [0.2, 0.25) is 0 Å². The van der Waals surface area contributed by atoms with Crippen molar-refractivity contribution in [1.82, 2.24) is 0 Å². The summed E-state index contributed by atoms with van der Waals surface area (Å²) in [5.74, 6) is 0. The van der Waals surface area contributed by atoms with Crippen LogP contribution in [0.3, 0.4) is 0 Å². The lowest BCUT2D eigenvalue weighted by molar-refractivity contribution is 0.414. The van der Waals surface area contributed by atoms with Crippen molar-refractivity contribution in [2.45, 2.75) is 135 Å². The minimum Gasteiger partial charge on any atom is -0.0654 e. The molecule has 0 amide bonds. The molecule has 0 spiro atoms. The van der Waals surface area contributed by atoms with Gasteiger partial charge in [-0.15, -0.1) is 0 Å². The summed E-state index contributed by atoms with van der Waals surface area (Å²) in [4.78, 5) is 0. The third-order valence-corrected chi connectivity index (χ3v) is 21.1. The van der Waals surface area contributed by atoms with Crippen LogP contribution >= 0.6 is 0 Å². The maximum atomic E-state index is 2.67. The first-order valence-corrected chi connectivity index (χ1v) is 32.4. The first kappa shape index (κ1) is 53.4. The van der Waals surface area contributed by atoms with Gasteiger partial charge in [-0.05, 0) is 204 Å². The van der Waals surface area contributed by atoms with Crippen LogP contribution in [-0.4, -0.2) is 0 Å². The Bertz CT molecular complexity index is 4500. The first-order chi connectivity index (χ1) is 41.7. The van der Waals surface area contributed by atoms with Crippen molar-refractivity contribution in [3.63, 3.8) is 0 Å². The molecular formula is C85H78. The van der Waals surface area contributed by atoms with E-state index in [1.54, 1.807) is 11.1 Å². The predicted octanol–water partition coefficient (Wildman–Crippen LogP) is 24.6. The summed E-state index contributed by atoms with van der Waals surface area (Å²) in [5, 5.41) is 10.3. The van der Waals surface area contributed by atoms with Gasteiger partial charge >= 0.3 is 0 Å². The third kappa shape index (κ3) is 8.07. The monoisotopic (exact) mass is 1100 g/mol. The molecule has 0 N–H and O–H groups in total. The van der Waals surface area contributed by atoms with Crippen LogP contribution in [0.1, 0.15) is 152 Å². The average molecular weight is 1100 g/mol. The first-order valence-electron chi connectivity index (χ1n) is 32.4. The molecule has 3 aliphatic carbocycles. The number of rotatable bonds is 16. The van der Waals surface area contributed by atoms with E-state index >= 15 is 0 Å². The largest absolute Gasteiger partial charge is 0.0654 e. The highest BCUT2D eigenvalue weighted by Gasteiger charge is 2.45. The average Bonchev–Trinajstić information content (AvgIpc) is 1.78. The summed E-state index contributed by atoms with van der Waals surface area (Å²) in [6.45, 7) is 14.3. The van der Waals surface area contributed by atoms with Crippen LogP contribution in [0.2, 0.25) is 0 Å². The Morgan fingerprint density at radius 2 is 0.494 bits per heavy atom. The molecule has 0 nitrogen and oxygen atoms in total. The second-order valence-corrected chi connectivity index (χ2v) is 26.0. The SMILES string of the molecule is CCCCC1(CCCC)c2ccccc2-c2ccc(-c3ccc4c(c3)C(CCCC)(CCCC)c3cc(-c5c6ccccc6c(-c6c7ccccc7c(-c7ccc8c(c7)C(C)(C)c7ccccc7-8)c7ccccc67)c6ccccc56)ccc3-4)cc21. The Morgan fingerprint density at radius 3 is 0.871 bits per heavy atom. The molecule has 0 atom stereocenters. The lowest BCUT2D eigenvalue weighted by atomic mass is 9.69. The number of unbranched alkanes of at least 4 members (excludes halogenated alkanes) is 4. The second-order valence-electron chi connectivity index (χ2n) is 26.0. The van der Waals surface area contributed by atoms with Gasteiger partial charge in [0.15, 0.2) is 0 Å². The predicted molar refractivity (Wildman–Crippen MR) is 366 cm³/mol. The van der Waals surface area contributed by atoms with Gasteiger partial charge in [0.05, 0.1) is 0 Å². The number of fused-ring (bicyclic) bond motifs is 13. The third-order valence-electron chi connectivity index (χ3n) is 21.1. The fraction of sp³-hybridized carbons (Fsp3) is 0.247. The lowest BCUT2D eigenvalue weighted by Crippen LogP contribution is -2.26. The van der Waals surface area contributed by atoms with Crippen LogP contribution in [-0.2, 0) is 16.2 Å². The van der Waals surface area contributed by atoms with Crippen molar-refractivity contribution in [3.8, 4) is 77.9 Å². The van der Waals surface area contributed by atoms with Crippen LogP contribution in [0.25, 0.3) is 121 Å². The Hall–Kier alpha value is -8.32. The minimum atomic E-state index is -0.106. The highest BCUT2D eigenvalue weighted by Crippen LogP contribution is 2.59. The molecule has 12 aromatic rings. The molecule has 3 aliphatic rings. The highest BCUT2D eigenvalue weighted by molar-refractivity contribution is 6.30. The normalized spacial score (nSPS) is 14.6. The van der Waals surface area contributed by atoms with Crippen molar-refractivity contribution in [2.24, 2.45) is 0 Å². The zero-order valence-corrected chi connectivity index (χ0v) is 50.8. The van der Waals surface area contributed by atoms with Crippen molar-refractivity contribution < 1.29 is 0 Å². The molecule has 0 unspecified atom stereocenters. The van der Waals surface area contributed by atoms with E-state index < -0.39 is 0 Å². The molecule has 12 aromatic carbocycles. The van der Waals surface area contributed by atoms with Gasteiger partial charge in [0.25, 0.3) is 0 Å². The van der Waals surface area contributed by atoms with Gasteiger partial charge in [-0.25, -0.2) is 0 Å². The maximum absolute atomic E-state index is 2.67. The van der Waals surface area contributed by atoms with E-state index in [1.165, 1.54) is 207 Å². The van der Waals surface area contributed by atoms with Gasteiger partial charge in [-0.3, -0.25) is 0 Å². The van der Waals surface area contributed by atoms with Crippen molar-refractivity contribution in [2.75, 3.05) is 0 Å². The van der Waals surface area contributed by atoms with Crippen LogP contribution in [0.4, 0.5) is 0 Å². The molecule has 15 rings (SSSR count). The van der Waals surface area contributed by atoms with E-state index in [0.29, 0.717) is 0 Å². The summed E-state index contributed by atoms with van der Waals surface area (Å²) in [6.07, 6.45) is 14.3. The Balaban J connectivity index is 0.901. The van der Waals surface area contributed by atoms with Gasteiger partial charge in [0, 0.05) is 16.2 Å². The minimum absolute atomic E-state index is 0.0526. The fourth-order valence-electron chi connectivity index (χ4n) is 17.0. The maximum Gasteiger partial charge on any atom is 0.0215 e. The molecular weight excluding hydrogens is 1020 g/mol. The number of hydrogen-bond acceptors (Lipinski definition) is 0. The lowest BCUT2D eigenvalue weighted by Gasteiger charge is -2.34. The molecule has 0 fully saturated rings. The highest BCUT2D eigenvalue weighted by atomic mass is 14.5.